The fourth-order valence-electron chi connectivity index (χ4n) is 5.14. The fourth-order valence-corrected chi connectivity index (χ4v) is 5.14. The summed E-state index contributed by atoms with van der Waals surface area (Å²) in [7, 11) is 0. The molecule has 3 aliphatic rings. The smallest absolute Gasteiger partial charge is 0.330 e. The van der Waals surface area contributed by atoms with E-state index in [1.54, 1.807) is 0 Å². The van der Waals surface area contributed by atoms with Gasteiger partial charge in [0, 0.05) is 23.5 Å². The average Bonchev–Trinajstić information content (AvgIpc) is 3.09. The summed E-state index contributed by atoms with van der Waals surface area (Å²) in [4.78, 5) is 23.1. The van der Waals surface area contributed by atoms with Gasteiger partial charge in [-0.15, -0.1) is 0 Å². The Bertz CT molecular complexity index is 497. The van der Waals surface area contributed by atoms with Crippen LogP contribution in [-0.2, 0) is 19.1 Å². The Kier molecular flexibility index (Phi) is 3.42. The van der Waals surface area contributed by atoms with E-state index in [2.05, 4.69) is 20.1 Å². The van der Waals surface area contributed by atoms with Crippen LogP contribution >= 0.6 is 0 Å². The summed E-state index contributed by atoms with van der Waals surface area (Å²) in [5, 5.41) is 0. The lowest BCUT2D eigenvalue weighted by atomic mass is 9.70. The Balaban J connectivity index is 1.79. The molecule has 0 amide bonds. The summed E-state index contributed by atoms with van der Waals surface area (Å²) in [6.45, 7) is 9.11. The number of carbonyl (C=O) groups is 2. The van der Waals surface area contributed by atoms with Crippen molar-refractivity contribution in [2.24, 2.45) is 23.2 Å². The zero-order chi connectivity index (χ0) is 15.2. The minimum atomic E-state index is -0.358. The van der Waals surface area contributed by atoms with E-state index in [4.69, 9.17) is 9.47 Å². The maximum atomic E-state index is 11.5. The van der Waals surface area contributed by atoms with Gasteiger partial charge in [0.1, 0.15) is 12.2 Å². The van der Waals surface area contributed by atoms with E-state index in [0.29, 0.717) is 17.8 Å². The maximum Gasteiger partial charge on any atom is 0.330 e. The van der Waals surface area contributed by atoms with Gasteiger partial charge in [0.05, 0.1) is 0 Å². The van der Waals surface area contributed by atoms with E-state index in [1.165, 1.54) is 12.2 Å². The van der Waals surface area contributed by atoms with Crippen molar-refractivity contribution in [3.63, 3.8) is 0 Å². The summed E-state index contributed by atoms with van der Waals surface area (Å²) >= 11 is 0. The molecule has 0 aromatic heterocycles. The average molecular weight is 290 g/mol. The third-order valence-corrected chi connectivity index (χ3v) is 5.83. The fraction of sp³-hybridized carbons (Fsp3) is 0.647. The van der Waals surface area contributed by atoms with Crippen molar-refractivity contribution in [2.75, 3.05) is 0 Å². The summed E-state index contributed by atoms with van der Waals surface area (Å²) in [6.07, 6.45) is 6.27. The van der Waals surface area contributed by atoms with Gasteiger partial charge >= 0.3 is 11.9 Å². The Morgan fingerprint density at radius 3 is 2.48 bits per heavy atom. The van der Waals surface area contributed by atoms with E-state index < -0.39 is 0 Å². The summed E-state index contributed by atoms with van der Waals surface area (Å²) in [6, 6.07) is 0. The van der Waals surface area contributed by atoms with Gasteiger partial charge in [-0.05, 0) is 37.5 Å². The normalized spacial score (nSPS) is 43.2. The van der Waals surface area contributed by atoms with Crippen LogP contribution in [-0.4, -0.2) is 24.1 Å². The van der Waals surface area contributed by atoms with Crippen LogP contribution in [0.25, 0.3) is 0 Å². The molecular weight excluding hydrogens is 268 g/mol. The largest absolute Gasteiger partial charge is 0.459 e. The lowest BCUT2D eigenvalue weighted by Crippen LogP contribution is -2.44. The third kappa shape index (κ3) is 2.12. The minimum absolute atomic E-state index is 0.0688. The zero-order valence-corrected chi connectivity index (χ0v) is 12.4. The van der Waals surface area contributed by atoms with Crippen molar-refractivity contribution in [3.8, 4) is 0 Å². The number of rotatable bonds is 4. The number of ether oxygens (including phenoxy) is 2. The molecule has 114 valence electrons. The molecule has 0 spiro atoms. The number of fused-ring (bicyclic) bond motifs is 5. The van der Waals surface area contributed by atoms with Crippen LogP contribution in [0.4, 0.5) is 0 Å². The topological polar surface area (TPSA) is 52.6 Å². The quantitative estimate of drug-likeness (QED) is 0.590. The zero-order valence-electron chi connectivity index (χ0n) is 12.4. The van der Waals surface area contributed by atoms with Crippen LogP contribution in [0.15, 0.2) is 25.3 Å². The highest BCUT2D eigenvalue weighted by Gasteiger charge is 2.66. The van der Waals surface area contributed by atoms with Gasteiger partial charge in [-0.25, -0.2) is 9.59 Å². The van der Waals surface area contributed by atoms with E-state index >= 15 is 0 Å². The molecule has 0 heterocycles. The van der Waals surface area contributed by atoms with Crippen LogP contribution in [0.5, 0.6) is 0 Å². The molecule has 6 atom stereocenters. The molecule has 3 aliphatic carbocycles. The van der Waals surface area contributed by atoms with Crippen molar-refractivity contribution in [3.05, 3.63) is 25.3 Å². The summed E-state index contributed by atoms with van der Waals surface area (Å²) < 4.78 is 11.1. The highest BCUT2D eigenvalue weighted by Crippen LogP contribution is 2.66. The first-order chi connectivity index (χ1) is 9.99. The molecule has 21 heavy (non-hydrogen) atoms. The SMILES string of the molecule is C=CC(=O)OC1CCC2C3CC(OC(=O)C=C)C(C)(C3)C12. The lowest BCUT2D eigenvalue weighted by Gasteiger charge is -2.41. The molecule has 0 aromatic carbocycles. The van der Waals surface area contributed by atoms with Crippen LogP contribution < -0.4 is 0 Å². The second-order valence-corrected chi connectivity index (χ2v) is 6.78. The van der Waals surface area contributed by atoms with Gasteiger partial charge in [-0.3, -0.25) is 0 Å². The van der Waals surface area contributed by atoms with Gasteiger partial charge in [0.25, 0.3) is 0 Å². The number of carbonyl (C=O) groups excluding carboxylic acids is 2. The first kappa shape index (κ1) is 14.4. The van der Waals surface area contributed by atoms with E-state index in [1.807, 2.05) is 0 Å². The summed E-state index contributed by atoms with van der Waals surface area (Å²) in [5.41, 5.74) is -0.0867. The predicted molar refractivity (Wildman–Crippen MR) is 77.2 cm³/mol. The van der Waals surface area contributed by atoms with Crippen LogP contribution in [0.2, 0.25) is 0 Å². The second kappa shape index (κ2) is 5.00. The second-order valence-electron chi connectivity index (χ2n) is 6.78. The van der Waals surface area contributed by atoms with Gasteiger partial charge in [-0.2, -0.15) is 0 Å². The van der Waals surface area contributed by atoms with Crippen molar-refractivity contribution in [1.29, 1.82) is 0 Å². The number of hydrogen-bond donors (Lipinski definition) is 0. The molecule has 0 N–H and O–H groups in total. The molecule has 2 bridgehead atoms. The molecule has 0 aromatic rings. The first-order valence-electron chi connectivity index (χ1n) is 7.65. The molecule has 4 nitrogen and oxygen atoms in total. The van der Waals surface area contributed by atoms with Gasteiger partial charge in [-0.1, -0.05) is 20.1 Å². The molecule has 0 aliphatic heterocycles. The van der Waals surface area contributed by atoms with Crippen molar-refractivity contribution in [1.82, 2.24) is 0 Å². The van der Waals surface area contributed by atoms with Crippen molar-refractivity contribution < 1.29 is 19.1 Å². The Hall–Kier alpha value is -1.58. The molecule has 4 heteroatoms. The third-order valence-electron chi connectivity index (χ3n) is 5.83. The first-order valence-corrected chi connectivity index (χ1v) is 7.65. The van der Waals surface area contributed by atoms with Gasteiger partial charge in [0.2, 0.25) is 0 Å². The van der Waals surface area contributed by atoms with Crippen LogP contribution in [0.1, 0.15) is 32.6 Å². The molecular formula is C17H22O4. The number of esters is 2. The molecule has 3 saturated carbocycles. The molecule has 0 saturated heterocycles. The van der Waals surface area contributed by atoms with E-state index in [-0.39, 0.29) is 29.6 Å². The highest BCUT2D eigenvalue weighted by atomic mass is 16.6. The Labute approximate surface area is 125 Å². The molecule has 3 rings (SSSR count). The minimum Gasteiger partial charge on any atom is -0.459 e. The lowest BCUT2D eigenvalue weighted by molar-refractivity contribution is -0.160. The van der Waals surface area contributed by atoms with Crippen LogP contribution in [0, 0.1) is 23.2 Å². The monoisotopic (exact) mass is 290 g/mol. The maximum absolute atomic E-state index is 11.5. The Morgan fingerprint density at radius 1 is 1.14 bits per heavy atom. The van der Waals surface area contributed by atoms with E-state index in [9.17, 15) is 9.59 Å². The van der Waals surface area contributed by atoms with Crippen LogP contribution in [0.3, 0.4) is 0 Å². The van der Waals surface area contributed by atoms with Crippen molar-refractivity contribution >= 4 is 11.9 Å². The van der Waals surface area contributed by atoms with E-state index in [0.717, 1.165) is 25.7 Å². The van der Waals surface area contributed by atoms with Gasteiger partial charge < -0.3 is 9.47 Å². The van der Waals surface area contributed by atoms with Gasteiger partial charge in [0.15, 0.2) is 0 Å². The van der Waals surface area contributed by atoms with Crippen molar-refractivity contribution in [2.45, 2.75) is 44.8 Å². The molecule has 0 radical (unpaired) electrons. The standard InChI is InChI=1S/C17H22O4/c1-4-14(18)20-12-7-6-11-10-8-13(21-15(19)5-2)17(3,9-10)16(11)12/h4-5,10-13,16H,1-2,6-9H2,3H3. The number of hydrogen-bond acceptors (Lipinski definition) is 4. The molecule has 6 unspecified atom stereocenters. The predicted octanol–water partition coefficient (Wildman–Crippen LogP) is 2.64. The Morgan fingerprint density at radius 2 is 1.81 bits per heavy atom. The molecule has 3 fully saturated rings. The summed E-state index contributed by atoms with van der Waals surface area (Å²) in [5.74, 6) is 0.753. The highest BCUT2D eigenvalue weighted by molar-refractivity contribution is 5.81.